The van der Waals surface area contributed by atoms with Gasteiger partial charge in [0.25, 0.3) is 0 Å². The van der Waals surface area contributed by atoms with Gasteiger partial charge >= 0.3 is 5.97 Å². The van der Waals surface area contributed by atoms with Crippen molar-refractivity contribution in [3.63, 3.8) is 0 Å². The number of thiazole rings is 1. The van der Waals surface area contributed by atoms with Crippen molar-refractivity contribution in [3.05, 3.63) is 35.3 Å². The third-order valence-corrected chi connectivity index (χ3v) is 5.03. The lowest BCUT2D eigenvalue weighted by Crippen LogP contribution is -2.40. The maximum Gasteiger partial charge on any atom is 0.320 e. The number of carboxylic acid groups (broad SMARTS) is 1. The van der Waals surface area contributed by atoms with E-state index < -0.39 is 12.0 Å². The molecule has 0 spiro atoms. The summed E-state index contributed by atoms with van der Waals surface area (Å²) in [6, 6.07) is 7.68. The van der Waals surface area contributed by atoms with Gasteiger partial charge in [0.1, 0.15) is 16.8 Å². The zero-order valence-corrected chi connectivity index (χ0v) is 14.0. The van der Waals surface area contributed by atoms with Crippen LogP contribution in [0.5, 0.6) is 5.75 Å². The fraction of sp³-hybridized carbons (Fsp3) is 0.412. The third-order valence-electron chi connectivity index (χ3n) is 4.10. The minimum absolute atomic E-state index is 0.373. The summed E-state index contributed by atoms with van der Waals surface area (Å²) < 4.78 is 5.39. The number of carbonyl (C=O) groups is 1. The number of aliphatic carboxylic acids is 1. The van der Waals surface area contributed by atoms with Crippen molar-refractivity contribution in [2.24, 2.45) is 0 Å². The van der Waals surface area contributed by atoms with Gasteiger partial charge in [-0.2, -0.15) is 0 Å². The smallest absolute Gasteiger partial charge is 0.320 e. The quantitative estimate of drug-likeness (QED) is 0.843. The number of hydrogen-bond donors (Lipinski definition) is 1. The second kappa shape index (κ2) is 6.68. The summed E-state index contributed by atoms with van der Waals surface area (Å²) in [7, 11) is 1.65. The van der Waals surface area contributed by atoms with E-state index in [9.17, 15) is 9.90 Å². The first-order chi connectivity index (χ1) is 11.1. The molecule has 1 fully saturated rings. The van der Waals surface area contributed by atoms with E-state index in [0.29, 0.717) is 12.6 Å². The largest absolute Gasteiger partial charge is 0.496 e. The molecule has 0 amide bonds. The summed E-state index contributed by atoms with van der Waals surface area (Å²) in [5, 5.41) is 12.2. The van der Waals surface area contributed by atoms with Crippen LogP contribution in [0, 0.1) is 0 Å². The second-order valence-corrected chi connectivity index (χ2v) is 6.62. The predicted octanol–water partition coefficient (Wildman–Crippen LogP) is 3.26. The highest BCUT2D eigenvalue weighted by Gasteiger charge is 2.35. The van der Waals surface area contributed by atoms with Crippen LogP contribution in [0.3, 0.4) is 0 Å². The van der Waals surface area contributed by atoms with Gasteiger partial charge in [-0.15, -0.1) is 11.3 Å². The van der Waals surface area contributed by atoms with E-state index in [-0.39, 0.29) is 0 Å². The van der Waals surface area contributed by atoms with Gasteiger partial charge in [-0.3, -0.25) is 9.69 Å². The molecule has 6 heteroatoms. The summed E-state index contributed by atoms with van der Waals surface area (Å²) >= 11 is 1.56. The zero-order chi connectivity index (χ0) is 16.4. The number of para-hydroxylation sites is 1. The molecule has 0 saturated heterocycles. The van der Waals surface area contributed by atoms with Crippen molar-refractivity contribution in [1.29, 1.82) is 0 Å². The molecular formula is C17H20N2O3S. The van der Waals surface area contributed by atoms with Crippen LogP contribution < -0.4 is 4.74 Å². The maximum atomic E-state index is 11.3. The Morgan fingerprint density at radius 3 is 2.87 bits per heavy atom. The molecule has 1 aromatic carbocycles. The van der Waals surface area contributed by atoms with Crippen molar-refractivity contribution < 1.29 is 14.6 Å². The van der Waals surface area contributed by atoms with E-state index in [1.54, 1.807) is 25.4 Å². The van der Waals surface area contributed by atoms with E-state index in [1.165, 1.54) is 0 Å². The van der Waals surface area contributed by atoms with Gasteiger partial charge in [0, 0.05) is 18.0 Å². The Morgan fingerprint density at radius 2 is 2.22 bits per heavy atom. The standard InChI is InChI=1S/C17H20N2O3S/c1-11(17(20)21)19(13-7-8-13)9-12-10-23-16(18-12)14-5-3-4-6-15(14)22-2/h3-6,10-11,13H,7-9H2,1-2H3,(H,20,21). The Labute approximate surface area is 139 Å². The number of rotatable bonds is 7. The first-order valence-electron chi connectivity index (χ1n) is 7.66. The molecule has 3 rings (SSSR count). The molecule has 1 N–H and O–H groups in total. The number of aromatic nitrogens is 1. The lowest BCUT2D eigenvalue weighted by molar-refractivity contribution is -0.143. The van der Waals surface area contributed by atoms with Crippen molar-refractivity contribution in [2.45, 2.75) is 38.4 Å². The van der Waals surface area contributed by atoms with Gasteiger partial charge in [0.2, 0.25) is 0 Å². The minimum Gasteiger partial charge on any atom is -0.496 e. The van der Waals surface area contributed by atoms with Crippen LogP contribution in [-0.4, -0.2) is 40.2 Å². The van der Waals surface area contributed by atoms with Crippen LogP contribution in [0.1, 0.15) is 25.5 Å². The third kappa shape index (κ3) is 3.54. The molecule has 1 aliphatic carbocycles. The Balaban J connectivity index is 1.80. The first kappa shape index (κ1) is 16.0. The number of nitrogens with zero attached hydrogens (tertiary/aromatic N) is 2. The van der Waals surface area contributed by atoms with E-state index in [0.717, 1.165) is 34.9 Å². The average molecular weight is 332 g/mol. The molecule has 0 aliphatic heterocycles. The molecule has 23 heavy (non-hydrogen) atoms. The topological polar surface area (TPSA) is 62.7 Å². The van der Waals surface area contributed by atoms with Crippen molar-refractivity contribution in [2.75, 3.05) is 7.11 Å². The Morgan fingerprint density at radius 1 is 1.48 bits per heavy atom. The number of hydrogen-bond acceptors (Lipinski definition) is 5. The zero-order valence-electron chi connectivity index (χ0n) is 13.2. The molecule has 2 aromatic rings. The molecule has 0 bridgehead atoms. The van der Waals surface area contributed by atoms with E-state index in [1.807, 2.05) is 34.5 Å². The molecule has 5 nitrogen and oxygen atoms in total. The van der Waals surface area contributed by atoms with Crippen molar-refractivity contribution in [1.82, 2.24) is 9.88 Å². The Bertz CT molecular complexity index is 697. The van der Waals surface area contributed by atoms with Crippen LogP contribution in [0.15, 0.2) is 29.6 Å². The summed E-state index contributed by atoms with van der Waals surface area (Å²) in [5.41, 5.74) is 1.88. The van der Waals surface area contributed by atoms with E-state index in [2.05, 4.69) is 4.98 Å². The molecule has 1 aliphatic rings. The van der Waals surface area contributed by atoms with Crippen LogP contribution in [0.25, 0.3) is 10.6 Å². The lowest BCUT2D eigenvalue weighted by Gasteiger charge is -2.25. The summed E-state index contributed by atoms with van der Waals surface area (Å²) in [5.74, 6) is 0.0171. The van der Waals surface area contributed by atoms with Crippen LogP contribution in [-0.2, 0) is 11.3 Å². The molecule has 1 heterocycles. The summed E-state index contributed by atoms with van der Waals surface area (Å²) in [6.45, 7) is 2.32. The van der Waals surface area contributed by atoms with E-state index in [4.69, 9.17) is 4.74 Å². The summed E-state index contributed by atoms with van der Waals surface area (Å²) in [4.78, 5) is 18.0. The minimum atomic E-state index is -0.780. The van der Waals surface area contributed by atoms with Gasteiger partial charge in [-0.05, 0) is 31.9 Å². The average Bonchev–Trinajstić information content (AvgIpc) is 3.30. The fourth-order valence-corrected chi connectivity index (χ4v) is 3.48. The Hall–Kier alpha value is -1.92. The number of benzene rings is 1. The van der Waals surface area contributed by atoms with Crippen LogP contribution in [0.2, 0.25) is 0 Å². The Kier molecular flexibility index (Phi) is 4.63. The van der Waals surface area contributed by atoms with Crippen LogP contribution >= 0.6 is 11.3 Å². The normalized spacial score (nSPS) is 15.6. The molecule has 0 radical (unpaired) electrons. The molecule has 1 atom stereocenters. The molecule has 1 saturated carbocycles. The van der Waals surface area contributed by atoms with Crippen molar-refractivity contribution in [3.8, 4) is 16.3 Å². The monoisotopic (exact) mass is 332 g/mol. The second-order valence-electron chi connectivity index (χ2n) is 5.76. The molecular weight excluding hydrogens is 312 g/mol. The van der Waals surface area contributed by atoms with Crippen molar-refractivity contribution >= 4 is 17.3 Å². The SMILES string of the molecule is COc1ccccc1-c1nc(CN(C2CC2)C(C)C(=O)O)cs1. The fourth-order valence-electron chi connectivity index (χ4n) is 2.64. The number of methoxy groups -OCH3 is 1. The van der Waals surface area contributed by atoms with Crippen LogP contribution in [0.4, 0.5) is 0 Å². The van der Waals surface area contributed by atoms with Gasteiger partial charge in [0.05, 0.1) is 18.4 Å². The highest BCUT2D eigenvalue weighted by molar-refractivity contribution is 7.13. The summed E-state index contributed by atoms with van der Waals surface area (Å²) in [6.07, 6.45) is 2.14. The lowest BCUT2D eigenvalue weighted by atomic mass is 10.2. The highest BCUT2D eigenvalue weighted by atomic mass is 32.1. The first-order valence-corrected chi connectivity index (χ1v) is 8.54. The number of carboxylic acids is 1. The van der Waals surface area contributed by atoms with Gasteiger partial charge < -0.3 is 9.84 Å². The molecule has 1 unspecified atom stereocenters. The van der Waals surface area contributed by atoms with Gasteiger partial charge in [-0.1, -0.05) is 12.1 Å². The number of ether oxygens (including phenoxy) is 1. The van der Waals surface area contributed by atoms with E-state index >= 15 is 0 Å². The molecule has 1 aromatic heterocycles. The van der Waals surface area contributed by atoms with Gasteiger partial charge in [0.15, 0.2) is 0 Å². The van der Waals surface area contributed by atoms with Gasteiger partial charge in [-0.25, -0.2) is 4.98 Å². The molecule has 122 valence electrons. The highest BCUT2D eigenvalue weighted by Crippen LogP contribution is 2.34. The maximum absolute atomic E-state index is 11.3. The predicted molar refractivity (Wildman–Crippen MR) is 89.8 cm³/mol.